The molecule has 1 aromatic rings. The molecule has 0 aromatic carbocycles. The van der Waals surface area contributed by atoms with Crippen LogP contribution >= 0.6 is 11.8 Å². The number of nitrogens with zero attached hydrogens (tertiary/aromatic N) is 2. The largest absolute Gasteiger partial charge is 0.370 e. The van der Waals surface area contributed by atoms with Crippen LogP contribution in [0.1, 0.15) is 32.0 Å². The summed E-state index contributed by atoms with van der Waals surface area (Å²) in [5.41, 5.74) is 3.92. The predicted octanol–water partition coefficient (Wildman–Crippen LogP) is 2.83. The Morgan fingerprint density at radius 1 is 1.32 bits per heavy atom. The summed E-state index contributed by atoms with van der Waals surface area (Å²) in [5, 5.41) is 3.57. The number of aryl methyl sites for hydroxylation is 1. The van der Waals surface area contributed by atoms with Crippen LogP contribution in [0.15, 0.2) is 12.3 Å². The van der Waals surface area contributed by atoms with Crippen LogP contribution in [-0.2, 0) is 6.54 Å². The normalized spacial score (nSPS) is 16.7. The SMILES string of the molecule is Cc1cc(N2CCSCC2)c(CNC(C)(C)C)cn1. The van der Waals surface area contributed by atoms with Crippen molar-refractivity contribution in [1.82, 2.24) is 10.3 Å². The van der Waals surface area contributed by atoms with Gasteiger partial charge in [-0.2, -0.15) is 11.8 Å². The summed E-state index contributed by atoms with van der Waals surface area (Å²) in [5.74, 6) is 2.46. The molecule has 4 heteroatoms. The highest BCUT2D eigenvalue weighted by atomic mass is 32.2. The van der Waals surface area contributed by atoms with Crippen molar-refractivity contribution in [3.05, 3.63) is 23.5 Å². The third-order valence-corrected chi connectivity index (χ3v) is 4.20. The van der Waals surface area contributed by atoms with Crippen LogP contribution in [0.3, 0.4) is 0 Å². The number of thioether (sulfide) groups is 1. The Labute approximate surface area is 121 Å². The van der Waals surface area contributed by atoms with Crippen LogP contribution in [-0.4, -0.2) is 35.1 Å². The Bertz CT molecular complexity index is 420. The first-order valence-corrected chi connectivity index (χ1v) is 8.14. The average molecular weight is 279 g/mol. The number of pyridine rings is 1. The standard InChI is InChI=1S/C15H25N3S/c1-12-9-14(18-5-7-19-8-6-18)13(10-16-12)11-17-15(2,3)4/h9-10,17H,5-8,11H2,1-4H3. The molecule has 1 N–H and O–H groups in total. The van der Waals surface area contributed by atoms with E-state index in [1.807, 2.05) is 18.0 Å². The van der Waals surface area contributed by atoms with Gasteiger partial charge in [0.15, 0.2) is 0 Å². The van der Waals surface area contributed by atoms with Crippen molar-refractivity contribution in [2.75, 3.05) is 29.5 Å². The van der Waals surface area contributed by atoms with E-state index < -0.39 is 0 Å². The highest BCUT2D eigenvalue weighted by Crippen LogP contribution is 2.24. The Balaban J connectivity index is 2.17. The minimum absolute atomic E-state index is 0.139. The molecule has 1 saturated heterocycles. The monoisotopic (exact) mass is 279 g/mol. The molecule has 0 atom stereocenters. The van der Waals surface area contributed by atoms with Gasteiger partial charge >= 0.3 is 0 Å². The van der Waals surface area contributed by atoms with E-state index in [1.54, 1.807) is 0 Å². The summed E-state index contributed by atoms with van der Waals surface area (Å²) in [6, 6.07) is 2.23. The fourth-order valence-electron chi connectivity index (χ4n) is 2.17. The second kappa shape index (κ2) is 6.14. The van der Waals surface area contributed by atoms with Crippen molar-refractivity contribution in [2.45, 2.75) is 39.8 Å². The lowest BCUT2D eigenvalue weighted by Crippen LogP contribution is -2.37. The predicted molar refractivity (Wildman–Crippen MR) is 85.1 cm³/mol. The first-order chi connectivity index (χ1) is 8.96. The average Bonchev–Trinajstić information content (AvgIpc) is 2.37. The van der Waals surface area contributed by atoms with E-state index in [9.17, 15) is 0 Å². The van der Waals surface area contributed by atoms with Gasteiger partial charge in [-0.25, -0.2) is 0 Å². The number of hydrogen-bond acceptors (Lipinski definition) is 4. The van der Waals surface area contributed by atoms with Crippen molar-refractivity contribution < 1.29 is 0 Å². The quantitative estimate of drug-likeness (QED) is 0.921. The minimum Gasteiger partial charge on any atom is -0.370 e. The van der Waals surface area contributed by atoms with E-state index >= 15 is 0 Å². The summed E-state index contributed by atoms with van der Waals surface area (Å²) in [4.78, 5) is 6.97. The molecule has 1 fully saturated rings. The number of nitrogens with one attached hydrogen (secondary N) is 1. The fraction of sp³-hybridized carbons (Fsp3) is 0.667. The fourth-order valence-corrected chi connectivity index (χ4v) is 3.07. The number of hydrogen-bond donors (Lipinski definition) is 1. The molecule has 0 bridgehead atoms. The van der Waals surface area contributed by atoms with E-state index in [2.05, 4.69) is 49.0 Å². The van der Waals surface area contributed by atoms with Crippen LogP contribution in [0.4, 0.5) is 5.69 Å². The highest BCUT2D eigenvalue weighted by Gasteiger charge is 2.17. The van der Waals surface area contributed by atoms with E-state index in [0.717, 1.165) is 25.3 Å². The Kier molecular flexibility index (Phi) is 4.74. The highest BCUT2D eigenvalue weighted by molar-refractivity contribution is 7.99. The minimum atomic E-state index is 0.139. The van der Waals surface area contributed by atoms with Crippen LogP contribution in [0.5, 0.6) is 0 Å². The molecule has 2 rings (SSSR count). The van der Waals surface area contributed by atoms with Gasteiger partial charge in [0, 0.05) is 59.8 Å². The summed E-state index contributed by atoms with van der Waals surface area (Å²) < 4.78 is 0. The van der Waals surface area contributed by atoms with Gasteiger partial charge in [-0.05, 0) is 33.8 Å². The molecule has 0 aliphatic carbocycles. The smallest absolute Gasteiger partial charge is 0.0446 e. The second-order valence-electron chi connectivity index (χ2n) is 6.16. The van der Waals surface area contributed by atoms with Crippen LogP contribution < -0.4 is 10.2 Å². The van der Waals surface area contributed by atoms with Gasteiger partial charge in [-0.15, -0.1) is 0 Å². The summed E-state index contributed by atoms with van der Waals surface area (Å²) in [6.45, 7) is 11.9. The van der Waals surface area contributed by atoms with Gasteiger partial charge < -0.3 is 10.2 Å². The van der Waals surface area contributed by atoms with E-state index in [4.69, 9.17) is 0 Å². The molecule has 1 aromatic heterocycles. The lowest BCUT2D eigenvalue weighted by atomic mass is 10.1. The zero-order valence-corrected chi connectivity index (χ0v) is 13.3. The summed E-state index contributed by atoms with van der Waals surface area (Å²) >= 11 is 2.05. The van der Waals surface area contributed by atoms with E-state index in [0.29, 0.717) is 0 Å². The third kappa shape index (κ3) is 4.39. The zero-order valence-electron chi connectivity index (χ0n) is 12.5. The maximum atomic E-state index is 4.46. The first-order valence-electron chi connectivity index (χ1n) is 6.99. The van der Waals surface area contributed by atoms with Crippen molar-refractivity contribution in [3.63, 3.8) is 0 Å². The van der Waals surface area contributed by atoms with Gasteiger partial charge in [-0.3, -0.25) is 4.98 Å². The van der Waals surface area contributed by atoms with Gasteiger partial charge in [0.25, 0.3) is 0 Å². The first kappa shape index (κ1) is 14.7. The second-order valence-corrected chi connectivity index (χ2v) is 7.38. The number of rotatable bonds is 3. The maximum absolute atomic E-state index is 4.46. The molecule has 0 unspecified atom stereocenters. The molecule has 3 nitrogen and oxygen atoms in total. The maximum Gasteiger partial charge on any atom is 0.0446 e. The number of anilines is 1. The van der Waals surface area contributed by atoms with Crippen molar-refractivity contribution in [1.29, 1.82) is 0 Å². The molecule has 1 aliphatic rings. The molecular formula is C15H25N3S. The Morgan fingerprint density at radius 2 is 2.00 bits per heavy atom. The molecule has 0 radical (unpaired) electrons. The number of aromatic nitrogens is 1. The molecule has 0 saturated carbocycles. The zero-order chi connectivity index (χ0) is 13.9. The van der Waals surface area contributed by atoms with Gasteiger partial charge in [0.05, 0.1) is 0 Å². The Morgan fingerprint density at radius 3 is 2.63 bits per heavy atom. The van der Waals surface area contributed by atoms with Crippen LogP contribution in [0, 0.1) is 6.92 Å². The molecule has 2 heterocycles. The lowest BCUT2D eigenvalue weighted by molar-refractivity contribution is 0.424. The van der Waals surface area contributed by atoms with E-state index in [-0.39, 0.29) is 5.54 Å². The molecule has 19 heavy (non-hydrogen) atoms. The molecular weight excluding hydrogens is 254 g/mol. The van der Waals surface area contributed by atoms with Gasteiger partial charge in [0.2, 0.25) is 0 Å². The third-order valence-electron chi connectivity index (χ3n) is 3.26. The van der Waals surface area contributed by atoms with Crippen LogP contribution in [0.25, 0.3) is 0 Å². The molecule has 0 spiro atoms. The molecule has 0 amide bonds. The van der Waals surface area contributed by atoms with Crippen molar-refractivity contribution in [3.8, 4) is 0 Å². The van der Waals surface area contributed by atoms with E-state index in [1.165, 1.54) is 22.8 Å². The Hall–Kier alpha value is -0.740. The lowest BCUT2D eigenvalue weighted by Gasteiger charge is -2.31. The van der Waals surface area contributed by atoms with Gasteiger partial charge in [0.1, 0.15) is 0 Å². The molecule has 1 aliphatic heterocycles. The summed E-state index contributed by atoms with van der Waals surface area (Å²) in [7, 11) is 0. The van der Waals surface area contributed by atoms with Gasteiger partial charge in [-0.1, -0.05) is 0 Å². The van der Waals surface area contributed by atoms with Crippen LogP contribution in [0.2, 0.25) is 0 Å². The van der Waals surface area contributed by atoms with Crippen molar-refractivity contribution >= 4 is 17.4 Å². The van der Waals surface area contributed by atoms with Crippen molar-refractivity contribution in [2.24, 2.45) is 0 Å². The molecule has 106 valence electrons. The topological polar surface area (TPSA) is 28.2 Å². The summed E-state index contributed by atoms with van der Waals surface area (Å²) in [6.07, 6.45) is 2.03.